The third kappa shape index (κ3) is 2.71. The van der Waals surface area contributed by atoms with Crippen molar-refractivity contribution in [2.24, 2.45) is 0 Å². The Hall–Kier alpha value is -2.87. The molecule has 0 atom stereocenters. The number of fused-ring (bicyclic) bond motifs is 1. The Morgan fingerprint density at radius 1 is 0.792 bits per heavy atom. The van der Waals surface area contributed by atoms with Gasteiger partial charge in [-0.25, -0.2) is 4.98 Å². The highest BCUT2D eigenvalue weighted by Crippen LogP contribution is 2.23. The fourth-order valence-electron chi connectivity index (χ4n) is 3.20. The molecule has 0 aliphatic carbocycles. The molecule has 0 spiro atoms. The minimum absolute atomic E-state index is 0.831. The maximum Gasteiger partial charge on any atom is 0.118 e. The van der Waals surface area contributed by atoms with E-state index in [0.29, 0.717) is 0 Å². The number of aryl methyl sites for hydroxylation is 1. The summed E-state index contributed by atoms with van der Waals surface area (Å²) in [6.07, 6.45) is 1.89. The van der Waals surface area contributed by atoms with Gasteiger partial charge in [0.25, 0.3) is 0 Å². The van der Waals surface area contributed by atoms with Crippen LogP contribution in [0, 0.1) is 0 Å². The Labute approximate surface area is 142 Å². The van der Waals surface area contributed by atoms with Gasteiger partial charge in [0.1, 0.15) is 5.82 Å². The summed E-state index contributed by atoms with van der Waals surface area (Å²) in [5.74, 6) is 1.08. The maximum absolute atomic E-state index is 4.90. The molecule has 1 heterocycles. The Kier molecular flexibility index (Phi) is 3.87. The van der Waals surface area contributed by atoms with Crippen molar-refractivity contribution >= 4 is 11.0 Å². The first-order chi connectivity index (χ1) is 11.8. The van der Waals surface area contributed by atoms with Gasteiger partial charge in [-0.3, -0.25) is 4.57 Å². The summed E-state index contributed by atoms with van der Waals surface area (Å²) in [6.45, 7) is 2.19. The van der Waals surface area contributed by atoms with E-state index in [0.717, 1.165) is 35.4 Å². The van der Waals surface area contributed by atoms with Gasteiger partial charge in [0, 0.05) is 12.1 Å². The van der Waals surface area contributed by atoms with Gasteiger partial charge in [-0.05, 0) is 41.8 Å². The van der Waals surface area contributed by atoms with Crippen LogP contribution in [0.4, 0.5) is 0 Å². The number of hydrogen-bond acceptors (Lipinski definition) is 1. The lowest BCUT2D eigenvalue weighted by Crippen LogP contribution is -2.02. The molecule has 0 amide bonds. The molecule has 0 saturated heterocycles. The molecule has 0 aliphatic heterocycles. The van der Waals surface area contributed by atoms with Crippen LogP contribution in [0.25, 0.3) is 16.7 Å². The second-order valence-electron chi connectivity index (χ2n) is 6.04. The predicted molar refractivity (Wildman–Crippen MR) is 99.7 cm³/mol. The van der Waals surface area contributed by atoms with Gasteiger partial charge < -0.3 is 0 Å². The van der Waals surface area contributed by atoms with E-state index in [2.05, 4.69) is 78.2 Å². The smallest absolute Gasteiger partial charge is 0.118 e. The van der Waals surface area contributed by atoms with Crippen LogP contribution >= 0.6 is 0 Å². The summed E-state index contributed by atoms with van der Waals surface area (Å²) in [4.78, 5) is 4.90. The summed E-state index contributed by atoms with van der Waals surface area (Å²) in [6, 6.07) is 27.6. The molecule has 0 aliphatic rings. The van der Waals surface area contributed by atoms with E-state index in [9.17, 15) is 0 Å². The second-order valence-corrected chi connectivity index (χ2v) is 6.04. The molecule has 118 valence electrons. The summed E-state index contributed by atoms with van der Waals surface area (Å²) in [7, 11) is 0. The number of nitrogens with zero attached hydrogens (tertiary/aromatic N) is 2. The van der Waals surface area contributed by atoms with Gasteiger partial charge in [0.15, 0.2) is 0 Å². The summed E-state index contributed by atoms with van der Waals surface area (Å²) in [5.41, 5.74) is 6.04. The van der Waals surface area contributed by atoms with Crippen LogP contribution in [0.5, 0.6) is 0 Å². The quantitative estimate of drug-likeness (QED) is 0.508. The van der Waals surface area contributed by atoms with E-state index in [1.807, 2.05) is 12.1 Å². The van der Waals surface area contributed by atoms with Crippen molar-refractivity contribution in [1.29, 1.82) is 0 Å². The van der Waals surface area contributed by atoms with Crippen LogP contribution in [0.3, 0.4) is 0 Å². The van der Waals surface area contributed by atoms with Crippen molar-refractivity contribution in [3.8, 4) is 5.69 Å². The average molecular weight is 312 g/mol. The molecule has 2 nitrogen and oxygen atoms in total. The first kappa shape index (κ1) is 14.7. The lowest BCUT2D eigenvalue weighted by Gasteiger charge is -2.10. The minimum Gasteiger partial charge on any atom is -0.296 e. The van der Waals surface area contributed by atoms with Crippen molar-refractivity contribution < 1.29 is 0 Å². The number of hydrogen-bond donors (Lipinski definition) is 0. The lowest BCUT2D eigenvalue weighted by molar-refractivity contribution is 0.930. The van der Waals surface area contributed by atoms with Crippen LogP contribution in [0.15, 0.2) is 78.9 Å². The fraction of sp³-hybridized carbons (Fsp3) is 0.136. The summed E-state index contributed by atoms with van der Waals surface area (Å²) < 4.78 is 2.27. The third-order valence-electron chi connectivity index (χ3n) is 4.41. The molecule has 0 fully saturated rings. The molecule has 24 heavy (non-hydrogen) atoms. The number of imidazole rings is 1. The second kappa shape index (κ2) is 6.32. The highest BCUT2D eigenvalue weighted by molar-refractivity contribution is 5.78. The van der Waals surface area contributed by atoms with Gasteiger partial charge in [0.05, 0.1) is 11.0 Å². The van der Waals surface area contributed by atoms with E-state index in [4.69, 9.17) is 4.98 Å². The number of benzene rings is 3. The Morgan fingerprint density at radius 3 is 2.38 bits per heavy atom. The molecule has 4 rings (SSSR count). The maximum atomic E-state index is 4.90. The van der Waals surface area contributed by atoms with Gasteiger partial charge >= 0.3 is 0 Å². The van der Waals surface area contributed by atoms with Gasteiger partial charge in [-0.15, -0.1) is 0 Å². The molecule has 4 aromatic rings. The minimum atomic E-state index is 0.831. The largest absolute Gasteiger partial charge is 0.296 e. The van der Waals surface area contributed by atoms with E-state index in [1.165, 1.54) is 11.1 Å². The standard InChI is InChI=1S/C22H20N2/c1-2-17-9-8-10-18(15-17)16-22-23-20-13-6-7-14-21(20)24(22)19-11-4-3-5-12-19/h3-15H,2,16H2,1H3. The van der Waals surface area contributed by atoms with Gasteiger partial charge in [-0.2, -0.15) is 0 Å². The van der Waals surface area contributed by atoms with Crippen LogP contribution in [0.1, 0.15) is 23.9 Å². The first-order valence-corrected chi connectivity index (χ1v) is 8.45. The Balaban J connectivity index is 1.85. The van der Waals surface area contributed by atoms with E-state index in [1.54, 1.807) is 0 Å². The molecule has 0 bridgehead atoms. The predicted octanol–water partition coefficient (Wildman–Crippen LogP) is 5.18. The van der Waals surface area contributed by atoms with Crippen molar-refractivity contribution in [3.63, 3.8) is 0 Å². The zero-order valence-electron chi connectivity index (χ0n) is 13.8. The van der Waals surface area contributed by atoms with E-state index in [-0.39, 0.29) is 0 Å². The monoisotopic (exact) mass is 312 g/mol. The van der Waals surface area contributed by atoms with Gasteiger partial charge in [0.2, 0.25) is 0 Å². The molecule has 2 heteroatoms. The Morgan fingerprint density at radius 2 is 1.54 bits per heavy atom. The summed E-state index contributed by atoms with van der Waals surface area (Å²) >= 11 is 0. The topological polar surface area (TPSA) is 17.8 Å². The molecule has 1 aromatic heterocycles. The summed E-state index contributed by atoms with van der Waals surface area (Å²) in [5, 5.41) is 0. The van der Waals surface area contributed by atoms with E-state index >= 15 is 0 Å². The van der Waals surface area contributed by atoms with Crippen molar-refractivity contribution in [1.82, 2.24) is 9.55 Å². The molecule has 0 N–H and O–H groups in total. The number of aromatic nitrogens is 2. The molecule has 0 unspecified atom stereocenters. The fourth-order valence-corrected chi connectivity index (χ4v) is 3.20. The first-order valence-electron chi connectivity index (χ1n) is 8.45. The molecule has 0 radical (unpaired) electrons. The van der Waals surface area contributed by atoms with E-state index < -0.39 is 0 Å². The number of rotatable bonds is 4. The van der Waals surface area contributed by atoms with Crippen LogP contribution < -0.4 is 0 Å². The molecular formula is C22H20N2. The molecule has 3 aromatic carbocycles. The van der Waals surface area contributed by atoms with Crippen molar-refractivity contribution in [3.05, 3.63) is 95.8 Å². The molecular weight excluding hydrogens is 292 g/mol. The van der Waals surface area contributed by atoms with Crippen LogP contribution in [0.2, 0.25) is 0 Å². The number of para-hydroxylation sites is 3. The van der Waals surface area contributed by atoms with Crippen LogP contribution in [-0.2, 0) is 12.8 Å². The highest BCUT2D eigenvalue weighted by Gasteiger charge is 2.12. The normalized spacial score (nSPS) is 11.0. The molecule has 0 saturated carbocycles. The third-order valence-corrected chi connectivity index (χ3v) is 4.41. The van der Waals surface area contributed by atoms with Crippen molar-refractivity contribution in [2.75, 3.05) is 0 Å². The zero-order chi connectivity index (χ0) is 16.4. The highest BCUT2D eigenvalue weighted by atomic mass is 15.1. The van der Waals surface area contributed by atoms with Gasteiger partial charge in [-0.1, -0.05) is 61.5 Å². The SMILES string of the molecule is CCc1cccc(Cc2nc3ccccc3n2-c2ccccc2)c1. The Bertz CT molecular complexity index is 968. The van der Waals surface area contributed by atoms with Crippen LogP contribution in [-0.4, -0.2) is 9.55 Å². The zero-order valence-corrected chi connectivity index (χ0v) is 13.8. The average Bonchev–Trinajstić information content (AvgIpc) is 3.00. The lowest BCUT2D eigenvalue weighted by atomic mass is 10.1. The van der Waals surface area contributed by atoms with Crippen molar-refractivity contribution in [2.45, 2.75) is 19.8 Å².